The molecule has 1 aliphatic rings. The topological polar surface area (TPSA) is 66.6 Å². The molecule has 1 fully saturated rings. The molecule has 0 radical (unpaired) electrons. The van der Waals surface area contributed by atoms with E-state index in [4.69, 9.17) is 10.8 Å². The van der Waals surface area contributed by atoms with E-state index in [1.165, 1.54) is 4.90 Å². The van der Waals surface area contributed by atoms with Gasteiger partial charge in [-0.3, -0.25) is 0 Å². The average molecular weight is 144 g/mol. The number of β-amino-alcohol motifs (C(OH)–C–C–N with tert-alkyl or cyclic N) is 1. The van der Waals surface area contributed by atoms with Gasteiger partial charge < -0.3 is 15.7 Å². The lowest BCUT2D eigenvalue weighted by Crippen LogP contribution is -2.44. The Labute approximate surface area is 59.6 Å². The van der Waals surface area contributed by atoms with Crippen molar-refractivity contribution in [2.24, 2.45) is 5.73 Å². The molecule has 10 heavy (non-hydrogen) atoms. The number of aliphatic hydroxyl groups excluding tert-OH is 1. The number of hydrogen-bond donors (Lipinski definition) is 2. The standard InChI is InChI=1S/C6H12N2O2/c7-6(10)8-3-1-2-5(9)4-8/h5,9H,1-4H2,(H2,7,10). The summed E-state index contributed by atoms with van der Waals surface area (Å²) in [5.74, 6) is 0. The molecule has 0 aromatic heterocycles. The third-order valence-corrected chi connectivity index (χ3v) is 1.71. The molecule has 1 saturated heterocycles. The fourth-order valence-electron chi connectivity index (χ4n) is 1.15. The van der Waals surface area contributed by atoms with Crippen molar-refractivity contribution in [3.63, 3.8) is 0 Å². The predicted octanol–water partition coefficient (Wildman–Crippen LogP) is -0.478. The van der Waals surface area contributed by atoms with Gasteiger partial charge in [0.2, 0.25) is 0 Å². The minimum absolute atomic E-state index is 0.374. The van der Waals surface area contributed by atoms with Crippen LogP contribution in [0.2, 0.25) is 0 Å². The maximum atomic E-state index is 10.5. The molecule has 0 spiro atoms. The van der Waals surface area contributed by atoms with Crippen molar-refractivity contribution in [2.75, 3.05) is 13.1 Å². The summed E-state index contributed by atoms with van der Waals surface area (Å²) < 4.78 is 0. The van der Waals surface area contributed by atoms with Gasteiger partial charge in [0.1, 0.15) is 0 Å². The average Bonchev–Trinajstić information content (AvgIpc) is 1.88. The van der Waals surface area contributed by atoms with Crippen molar-refractivity contribution in [1.82, 2.24) is 4.90 Å². The van der Waals surface area contributed by atoms with Gasteiger partial charge in [-0.2, -0.15) is 0 Å². The number of rotatable bonds is 0. The van der Waals surface area contributed by atoms with Crippen molar-refractivity contribution in [2.45, 2.75) is 18.9 Å². The van der Waals surface area contributed by atoms with E-state index < -0.39 is 6.03 Å². The van der Waals surface area contributed by atoms with Gasteiger partial charge in [0.15, 0.2) is 0 Å². The lowest BCUT2D eigenvalue weighted by atomic mass is 10.1. The van der Waals surface area contributed by atoms with Crippen LogP contribution < -0.4 is 5.73 Å². The van der Waals surface area contributed by atoms with E-state index in [2.05, 4.69) is 0 Å². The van der Waals surface area contributed by atoms with Gasteiger partial charge in [-0.15, -0.1) is 0 Å². The van der Waals surface area contributed by atoms with Crippen LogP contribution in [0.25, 0.3) is 0 Å². The summed E-state index contributed by atoms with van der Waals surface area (Å²) in [6, 6.07) is -0.432. The molecule has 0 aliphatic carbocycles. The van der Waals surface area contributed by atoms with E-state index >= 15 is 0 Å². The van der Waals surface area contributed by atoms with Crippen molar-refractivity contribution >= 4 is 6.03 Å². The number of likely N-dealkylation sites (tertiary alicyclic amines) is 1. The number of carbonyl (C=O) groups excluding carboxylic acids is 1. The largest absolute Gasteiger partial charge is 0.391 e. The van der Waals surface area contributed by atoms with Crippen molar-refractivity contribution in [3.8, 4) is 0 Å². The molecule has 3 N–H and O–H groups in total. The van der Waals surface area contributed by atoms with Crippen LogP contribution >= 0.6 is 0 Å². The van der Waals surface area contributed by atoms with Crippen LogP contribution in [0.3, 0.4) is 0 Å². The van der Waals surface area contributed by atoms with Gasteiger partial charge in [-0.1, -0.05) is 0 Å². The Morgan fingerprint density at radius 2 is 2.40 bits per heavy atom. The van der Waals surface area contributed by atoms with Gasteiger partial charge in [0.25, 0.3) is 0 Å². The van der Waals surface area contributed by atoms with E-state index in [0.717, 1.165) is 12.8 Å². The Hall–Kier alpha value is -0.770. The Morgan fingerprint density at radius 3 is 2.80 bits per heavy atom. The summed E-state index contributed by atoms with van der Waals surface area (Å²) in [4.78, 5) is 12.0. The minimum atomic E-state index is -0.432. The van der Waals surface area contributed by atoms with Gasteiger partial charge in [-0.25, -0.2) is 4.79 Å². The molecule has 1 unspecified atom stereocenters. The van der Waals surface area contributed by atoms with E-state index in [-0.39, 0.29) is 6.10 Å². The molecule has 58 valence electrons. The van der Waals surface area contributed by atoms with E-state index in [9.17, 15) is 4.79 Å². The van der Waals surface area contributed by atoms with E-state index in [0.29, 0.717) is 13.1 Å². The molecule has 0 saturated carbocycles. The summed E-state index contributed by atoms with van der Waals surface area (Å²) in [7, 11) is 0. The number of amides is 2. The first-order chi connectivity index (χ1) is 4.70. The fourth-order valence-corrected chi connectivity index (χ4v) is 1.15. The molecule has 1 rings (SSSR count). The maximum Gasteiger partial charge on any atom is 0.314 e. The van der Waals surface area contributed by atoms with Crippen LogP contribution in [0.5, 0.6) is 0 Å². The Kier molecular flexibility index (Phi) is 2.11. The molecule has 2 amide bonds. The number of carbonyl (C=O) groups is 1. The van der Waals surface area contributed by atoms with Gasteiger partial charge in [0.05, 0.1) is 6.10 Å². The first-order valence-corrected chi connectivity index (χ1v) is 3.42. The number of hydrogen-bond acceptors (Lipinski definition) is 2. The second kappa shape index (κ2) is 2.88. The molecule has 0 aromatic carbocycles. The lowest BCUT2D eigenvalue weighted by molar-refractivity contribution is 0.0870. The minimum Gasteiger partial charge on any atom is -0.391 e. The number of nitrogens with zero attached hydrogens (tertiary/aromatic N) is 1. The predicted molar refractivity (Wildman–Crippen MR) is 36.4 cm³/mol. The number of aliphatic hydroxyl groups is 1. The van der Waals surface area contributed by atoms with Crippen molar-refractivity contribution in [3.05, 3.63) is 0 Å². The van der Waals surface area contributed by atoms with Gasteiger partial charge >= 0.3 is 6.03 Å². The third kappa shape index (κ3) is 1.60. The van der Waals surface area contributed by atoms with Crippen LogP contribution in [-0.4, -0.2) is 35.2 Å². The number of primary amides is 1. The molecule has 0 aromatic rings. The normalized spacial score (nSPS) is 26.5. The maximum absolute atomic E-state index is 10.5. The first-order valence-electron chi connectivity index (χ1n) is 3.42. The van der Waals surface area contributed by atoms with Crippen molar-refractivity contribution < 1.29 is 9.90 Å². The highest BCUT2D eigenvalue weighted by molar-refractivity contribution is 5.72. The quantitative estimate of drug-likeness (QED) is 0.482. The second-order valence-electron chi connectivity index (χ2n) is 2.58. The lowest BCUT2D eigenvalue weighted by Gasteiger charge is -2.28. The number of piperidine rings is 1. The van der Waals surface area contributed by atoms with Crippen LogP contribution in [0.4, 0.5) is 4.79 Å². The highest BCUT2D eigenvalue weighted by atomic mass is 16.3. The molecular weight excluding hydrogens is 132 g/mol. The summed E-state index contributed by atoms with van der Waals surface area (Å²) in [5.41, 5.74) is 5.01. The molecule has 1 heterocycles. The molecule has 1 aliphatic heterocycles. The van der Waals surface area contributed by atoms with Gasteiger partial charge in [-0.05, 0) is 12.8 Å². The Morgan fingerprint density at radius 1 is 1.70 bits per heavy atom. The number of nitrogens with two attached hydrogens (primary N) is 1. The summed E-state index contributed by atoms with van der Waals surface area (Å²) >= 11 is 0. The first kappa shape index (κ1) is 7.34. The van der Waals surface area contributed by atoms with Gasteiger partial charge in [0, 0.05) is 13.1 Å². The van der Waals surface area contributed by atoms with Crippen LogP contribution in [0.15, 0.2) is 0 Å². The summed E-state index contributed by atoms with van der Waals surface area (Å²) in [6.07, 6.45) is 1.26. The highest BCUT2D eigenvalue weighted by Crippen LogP contribution is 2.08. The van der Waals surface area contributed by atoms with Crippen molar-refractivity contribution in [1.29, 1.82) is 0 Å². The van der Waals surface area contributed by atoms with E-state index in [1.807, 2.05) is 0 Å². The van der Waals surface area contributed by atoms with Crippen LogP contribution in [0.1, 0.15) is 12.8 Å². The zero-order valence-corrected chi connectivity index (χ0v) is 5.79. The molecular formula is C6H12N2O2. The highest BCUT2D eigenvalue weighted by Gasteiger charge is 2.19. The Balaban J connectivity index is 2.39. The summed E-state index contributed by atoms with van der Waals surface area (Å²) in [6.45, 7) is 1.09. The van der Waals surface area contributed by atoms with E-state index in [1.54, 1.807) is 0 Å². The smallest absolute Gasteiger partial charge is 0.314 e. The van der Waals surface area contributed by atoms with Crippen LogP contribution in [0, 0.1) is 0 Å². The SMILES string of the molecule is NC(=O)N1CCCC(O)C1. The second-order valence-corrected chi connectivity index (χ2v) is 2.58. The number of urea groups is 1. The summed E-state index contributed by atoms with van der Waals surface area (Å²) in [5, 5.41) is 9.08. The molecule has 0 bridgehead atoms. The monoisotopic (exact) mass is 144 g/mol. The van der Waals surface area contributed by atoms with Crippen LogP contribution in [-0.2, 0) is 0 Å². The Bertz CT molecular complexity index is 138. The third-order valence-electron chi connectivity index (χ3n) is 1.71. The molecule has 4 nitrogen and oxygen atoms in total. The molecule has 4 heteroatoms. The zero-order chi connectivity index (χ0) is 7.56. The fraction of sp³-hybridized carbons (Fsp3) is 0.833. The zero-order valence-electron chi connectivity index (χ0n) is 5.79. The molecule has 1 atom stereocenters.